The number of nitrogen functional groups attached to an aromatic ring is 1. The van der Waals surface area contributed by atoms with Crippen LogP contribution in [-0.4, -0.2) is 42.0 Å². The SMILES string of the molecule is CCN1CCC(CNC(=O)c2csc(N)n2)CC1. The first kappa shape index (κ1) is 13.3. The summed E-state index contributed by atoms with van der Waals surface area (Å²) in [6, 6.07) is 0. The fraction of sp³-hybridized carbons (Fsp3) is 0.667. The molecule has 0 radical (unpaired) electrons. The molecule has 18 heavy (non-hydrogen) atoms. The molecule has 1 saturated heterocycles. The number of anilines is 1. The van der Waals surface area contributed by atoms with E-state index in [1.54, 1.807) is 5.38 Å². The van der Waals surface area contributed by atoms with Crippen molar-refractivity contribution in [2.24, 2.45) is 5.92 Å². The summed E-state index contributed by atoms with van der Waals surface area (Å²) >= 11 is 1.30. The van der Waals surface area contributed by atoms with Gasteiger partial charge in [-0.2, -0.15) is 0 Å². The van der Waals surface area contributed by atoms with E-state index in [1.807, 2.05) is 0 Å². The molecule has 1 aromatic rings. The van der Waals surface area contributed by atoms with E-state index in [4.69, 9.17) is 5.73 Å². The van der Waals surface area contributed by atoms with Crippen LogP contribution in [0.25, 0.3) is 0 Å². The van der Waals surface area contributed by atoms with E-state index in [9.17, 15) is 4.79 Å². The van der Waals surface area contributed by atoms with Crippen molar-refractivity contribution in [3.05, 3.63) is 11.1 Å². The second kappa shape index (κ2) is 6.15. The number of aromatic nitrogens is 1. The molecule has 0 aromatic carbocycles. The van der Waals surface area contributed by atoms with Crippen molar-refractivity contribution < 1.29 is 4.79 Å². The summed E-state index contributed by atoms with van der Waals surface area (Å²) in [7, 11) is 0. The second-order valence-electron chi connectivity index (χ2n) is 4.66. The Morgan fingerprint density at radius 3 is 2.89 bits per heavy atom. The Balaban J connectivity index is 1.74. The summed E-state index contributed by atoms with van der Waals surface area (Å²) < 4.78 is 0. The first-order valence-corrected chi connectivity index (χ1v) is 7.28. The van der Waals surface area contributed by atoms with E-state index in [-0.39, 0.29) is 5.91 Å². The van der Waals surface area contributed by atoms with Gasteiger partial charge in [-0.1, -0.05) is 6.92 Å². The van der Waals surface area contributed by atoms with Crippen molar-refractivity contribution in [2.45, 2.75) is 19.8 Å². The first-order valence-electron chi connectivity index (χ1n) is 6.40. The average molecular weight is 268 g/mol. The number of carbonyl (C=O) groups is 1. The maximum Gasteiger partial charge on any atom is 0.270 e. The summed E-state index contributed by atoms with van der Waals surface area (Å²) in [5.41, 5.74) is 5.94. The van der Waals surface area contributed by atoms with Gasteiger partial charge in [-0.15, -0.1) is 11.3 Å². The number of carbonyl (C=O) groups excluding carboxylic acids is 1. The molecule has 0 spiro atoms. The minimum absolute atomic E-state index is 0.110. The van der Waals surface area contributed by atoms with E-state index >= 15 is 0 Å². The Hall–Kier alpha value is -1.14. The van der Waals surface area contributed by atoms with E-state index in [1.165, 1.54) is 11.3 Å². The van der Waals surface area contributed by atoms with Crippen LogP contribution in [0.5, 0.6) is 0 Å². The third-order valence-electron chi connectivity index (χ3n) is 3.46. The number of rotatable bonds is 4. The molecule has 1 amide bonds. The van der Waals surface area contributed by atoms with Crippen LogP contribution in [0.3, 0.4) is 0 Å². The van der Waals surface area contributed by atoms with Crippen LogP contribution >= 0.6 is 11.3 Å². The minimum atomic E-state index is -0.110. The van der Waals surface area contributed by atoms with Crippen LogP contribution in [-0.2, 0) is 0 Å². The Morgan fingerprint density at radius 2 is 2.33 bits per heavy atom. The Kier molecular flexibility index (Phi) is 4.54. The smallest absolute Gasteiger partial charge is 0.270 e. The normalized spacial score (nSPS) is 17.8. The number of hydrogen-bond acceptors (Lipinski definition) is 5. The molecular weight excluding hydrogens is 248 g/mol. The number of thiazole rings is 1. The van der Waals surface area contributed by atoms with Gasteiger partial charge in [0.05, 0.1) is 0 Å². The maximum absolute atomic E-state index is 11.8. The number of hydrogen-bond donors (Lipinski definition) is 2. The zero-order valence-electron chi connectivity index (χ0n) is 10.7. The summed E-state index contributed by atoms with van der Waals surface area (Å²) in [5.74, 6) is 0.480. The van der Waals surface area contributed by atoms with Gasteiger partial charge in [0, 0.05) is 11.9 Å². The van der Waals surface area contributed by atoms with Crippen molar-refractivity contribution in [1.82, 2.24) is 15.2 Å². The predicted molar refractivity (Wildman–Crippen MR) is 73.7 cm³/mol. The number of nitrogens with one attached hydrogen (secondary N) is 1. The Labute approximate surface area is 111 Å². The van der Waals surface area contributed by atoms with Gasteiger partial charge in [0.1, 0.15) is 5.69 Å². The van der Waals surface area contributed by atoms with E-state index < -0.39 is 0 Å². The predicted octanol–water partition coefficient (Wildman–Crippen LogP) is 1.19. The average Bonchev–Trinajstić information content (AvgIpc) is 2.83. The fourth-order valence-electron chi connectivity index (χ4n) is 2.23. The Morgan fingerprint density at radius 1 is 1.61 bits per heavy atom. The van der Waals surface area contributed by atoms with Crippen LogP contribution in [0.2, 0.25) is 0 Å². The van der Waals surface area contributed by atoms with Gasteiger partial charge >= 0.3 is 0 Å². The molecule has 2 heterocycles. The van der Waals surface area contributed by atoms with Crippen molar-refractivity contribution >= 4 is 22.4 Å². The van der Waals surface area contributed by atoms with Crippen molar-refractivity contribution in [2.75, 3.05) is 31.9 Å². The van der Waals surface area contributed by atoms with Crippen molar-refractivity contribution in [3.8, 4) is 0 Å². The summed E-state index contributed by atoms with van der Waals surface area (Å²) in [5, 5.41) is 5.09. The van der Waals surface area contributed by atoms with Crippen LogP contribution in [0.15, 0.2) is 5.38 Å². The summed E-state index contributed by atoms with van der Waals surface area (Å²) in [4.78, 5) is 18.2. The maximum atomic E-state index is 11.8. The molecule has 0 aliphatic carbocycles. The lowest BCUT2D eigenvalue weighted by Crippen LogP contribution is -2.38. The van der Waals surface area contributed by atoms with Gasteiger partial charge < -0.3 is 16.0 Å². The highest BCUT2D eigenvalue weighted by atomic mass is 32.1. The highest BCUT2D eigenvalue weighted by Crippen LogP contribution is 2.16. The fourth-order valence-corrected chi connectivity index (χ4v) is 2.77. The molecule has 1 aliphatic heterocycles. The molecule has 6 heteroatoms. The Bertz CT molecular complexity index is 399. The number of piperidine rings is 1. The summed E-state index contributed by atoms with van der Waals surface area (Å²) in [6.07, 6.45) is 2.32. The van der Waals surface area contributed by atoms with Crippen LogP contribution in [0, 0.1) is 5.92 Å². The van der Waals surface area contributed by atoms with Gasteiger partial charge in [0.15, 0.2) is 5.13 Å². The van der Waals surface area contributed by atoms with Gasteiger partial charge in [0.25, 0.3) is 5.91 Å². The lowest BCUT2D eigenvalue weighted by molar-refractivity contribution is 0.0932. The zero-order valence-corrected chi connectivity index (χ0v) is 11.5. The largest absolute Gasteiger partial charge is 0.375 e. The molecule has 5 nitrogen and oxygen atoms in total. The van der Waals surface area contributed by atoms with Crippen LogP contribution < -0.4 is 11.1 Å². The number of nitrogens with zero attached hydrogens (tertiary/aromatic N) is 2. The van der Waals surface area contributed by atoms with Crippen molar-refractivity contribution in [1.29, 1.82) is 0 Å². The second-order valence-corrected chi connectivity index (χ2v) is 5.55. The lowest BCUT2D eigenvalue weighted by Gasteiger charge is -2.30. The zero-order chi connectivity index (χ0) is 13.0. The van der Waals surface area contributed by atoms with Crippen LogP contribution in [0.4, 0.5) is 5.13 Å². The third kappa shape index (κ3) is 3.43. The monoisotopic (exact) mass is 268 g/mol. The molecule has 1 aliphatic rings. The molecule has 2 rings (SSSR count). The molecule has 100 valence electrons. The molecule has 1 aromatic heterocycles. The molecule has 1 fully saturated rings. The molecule has 0 unspecified atom stereocenters. The molecular formula is C12H20N4OS. The third-order valence-corrected chi connectivity index (χ3v) is 4.13. The first-order chi connectivity index (χ1) is 8.69. The number of likely N-dealkylation sites (tertiary alicyclic amines) is 1. The highest BCUT2D eigenvalue weighted by molar-refractivity contribution is 7.13. The van der Waals surface area contributed by atoms with E-state index in [0.29, 0.717) is 16.7 Å². The molecule has 3 N–H and O–H groups in total. The number of nitrogens with two attached hydrogens (primary N) is 1. The highest BCUT2D eigenvalue weighted by Gasteiger charge is 2.19. The van der Waals surface area contributed by atoms with Crippen molar-refractivity contribution in [3.63, 3.8) is 0 Å². The number of amides is 1. The molecule has 0 saturated carbocycles. The lowest BCUT2D eigenvalue weighted by atomic mass is 9.97. The molecule has 0 bridgehead atoms. The van der Waals surface area contributed by atoms with E-state index in [0.717, 1.165) is 39.0 Å². The molecule has 0 atom stereocenters. The minimum Gasteiger partial charge on any atom is -0.375 e. The van der Waals surface area contributed by atoms with Gasteiger partial charge in [0.2, 0.25) is 0 Å². The van der Waals surface area contributed by atoms with Gasteiger partial charge in [-0.25, -0.2) is 4.98 Å². The van der Waals surface area contributed by atoms with Gasteiger partial charge in [-0.05, 0) is 38.4 Å². The quantitative estimate of drug-likeness (QED) is 0.860. The van der Waals surface area contributed by atoms with Gasteiger partial charge in [-0.3, -0.25) is 4.79 Å². The summed E-state index contributed by atoms with van der Waals surface area (Å²) in [6.45, 7) is 6.33. The van der Waals surface area contributed by atoms with E-state index in [2.05, 4.69) is 22.1 Å². The topological polar surface area (TPSA) is 71.2 Å². The standard InChI is InChI=1S/C12H20N4OS/c1-2-16-5-3-9(4-6-16)7-14-11(17)10-8-18-12(13)15-10/h8-9H,2-7H2,1H3,(H2,13,15)(H,14,17). The van der Waals surface area contributed by atoms with Crippen LogP contribution in [0.1, 0.15) is 30.3 Å².